The zero-order chi connectivity index (χ0) is 17.8. The monoisotopic (exact) mass is 372 g/mol. The number of hydrogen-bond acceptors (Lipinski definition) is 6. The molecule has 1 atom stereocenters. The third kappa shape index (κ3) is 10.3. The Bertz CT molecular complexity index is 571. The molecule has 0 radical (unpaired) electrons. The van der Waals surface area contributed by atoms with Crippen LogP contribution in [0.4, 0.5) is 0 Å². The van der Waals surface area contributed by atoms with Crippen LogP contribution < -0.4 is 56.5 Å². The Morgan fingerprint density at radius 3 is 2.36 bits per heavy atom. The molecular formula is C18H25KN2O4. The first-order valence-corrected chi connectivity index (χ1v) is 8.02. The predicted molar refractivity (Wildman–Crippen MR) is 89.3 cm³/mol. The molecule has 0 N–H and O–H groups in total. The maximum Gasteiger partial charge on any atom is 1.00 e. The van der Waals surface area contributed by atoms with Crippen molar-refractivity contribution in [3.8, 4) is 0 Å². The van der Waals surface area contributed by atoms with Crippen molar-refractivity contribution >= 4 is 0 Å². The van der Waals surface area contributed by atoms with Crippen LogP contribution >= 0.6 is 0 Å². The van der Waals surface area contributed by atoms with Gasteiger partial charge in [-0.25, -0.2) is 9.97 Å². The smallest absolute Gasteiger partial charge is 0.834 e. The largest absolute Gasteiger partial charge is 1.00 e. The van der Waals surface area contributed by atoms with Crippen molar-refractivity contribution in [2.45, 2.75) is 47.0 Å². The molecule has 0 saturated heterocycles. The van der Waals surface area contributed by atoms with Gasteiger partial charge < -0.3 is 19.3 Å². The number of rotatable bonds is 7. The summed E-state index contributed by atoms with van der Waals surface area (Å²) in [6.07, 6.45) is 11.0. The van der Waals surface area contributed by atoms with Crippen LogP contribution in [0.25, 0.3) is 0 Å². The van der Waals surface area contributed by atoms with Gasteiger partial charge in [-0.2, -0.15) is 0 Å². The maximum atomic E-state index is 10.4. The van der Waals surface area contributed by atoms with Crippen LogP contribution in [0.1, 0.15) is 38.6 Å². The molecule has 1 heterocycles. The third-order valence-corrected chi connectivity index (χ3v) is 2.89. The minimum absolute atomic E-state index is 0. The van der Waals surface area contributed by atoms with Crippen molar-refractivity contribution in [2.24, 2.45) is 0 Å². The molecule has 2 rings (SSSR count). The molecule has 7 heteroatoms. The summed E-state index contributed by atoms with van der Waals surface area (Å²) in [4.78, 5) is 8.25. The molecule has 0 amide bonds. The van der Waals surface area contributed by atoms with Crippen LogP contribution in [-0.2, 0) is 20.8 Å². The fraction of sp³-hybridized carbons (Fsp3) is 0.444. The van der Waals surface area contributed by atoms with Crippen LogP contribution in [0.2, 0.25) is 0 Å². The summed E-state index contributed by atoms with van der Waals surface area (Å²) < 4.78 is 16.0. The second kappa shape index (κ2) is 14.6. The molecule has 1 unspecified atom stereocenters. The van der Waals surface area contributed by atoms with Gasteiger partial charge in [0, 0.05) is 18.0 Å². The fourth-order valence-electron chi connectivity index (χ4n) is 1.77. The van der Waals surface area contributed by atoms with Gasteiger partial charge in [0.1, 0.15) is 23.9 Å². The van der Waals surface area contributed by atoms with E-state index in [1.165, 1.54) is 0 Å². The molecule has 132 valence electrons. The van der Waals surface area contributed by atoms with E-state index in [1.54, 1.807) is 25.4 Å². The normalized spacial score (nSPS) is 14.0. The van der Waals surface area contributed by atoms with E-state index in [9.17, 15) is 5.11 Å². The molecule has 0 fully saturated rings. The average Bonchev–Trinajstić information content (AvgIpc) is 2.82. The van der Waals surface area contributed by atoms with Gasteiger partial charge >= 0.3 is 51.4 Å². The number of aryl methyl sites for hydroxylation is 1. The Morgan fingerprint density at radius 1 is 1.12 bits per heavy atom. The first kappa shape index (κ1) is 24.5. The molecule has 1 aliphatic rings. The van der Waals surface area contributed by atoms with E-state index in [-0.39, 0.29) is 51.4 Å². The van der Waals surface area contributed by atoms with E-state index in [0.29, 0.717) is 18.8 Å². The Kier molecular flexibility index (Phi) is 14.3. The third-order valence-electron chi connectivity index (χ3n) is 2.89. The number of nitrogens with zero attached hydrogens (tertiary/aromatic N) is 2. The van der Waals surface area contributed by atoms with Gasteiger partial charge in [-0.3, -0.25) is 0 Å². The molecule has 0 aliphatic heterocycles. The van der Waals surface area contributed by atoms with Crippen LogP contribution in [0, 0.1) is 6.92 Å². The van der Waals surface area contributed by atoms with E-state index >= 15 is 0 Å². The van der Waals surface area contributed by atoms with Crippen molar-refractivity contribution in [1.82, 2.24) is 9.97 Å². The molecule has 1 aromatic rings. The van der Waals surface area contributed by atoms with Gasteiger partial charge in [-0.1, -0.05) is 13.8 Å². The summed E-state index contributed by atoms with van der Waals surface area (Å²) >= 11 is 0. The Balaban J connectivity index is 0.00000185. The van der Waals surface area contributed by atoms with Gasteiger partial charge in [0.05, 0.1) is 0 Å². The average molecular weight is 373 g/mol. The first-order chi connectivity index (χ1) is 11.7. The summed E-state index contributed by atoms with van der Waals surface area (Å²) in [6, 6.07) is 0. The van der Waals surface area contributed by atoms with Crippen LogP contribution in [0.3, 0.4) is 0 Å². The Labute approximate surface area is 192 Å². The van der Waals surface area contributed by atoms with Crippen molar-refractivity contribution in [1.29, 1.82) is 0 Å². The van der Waals surface area contributed by atoms with Gasteiger partial charge in [0.2, 0.25) is 0 Å². The van der Waals surface area contributed by atoms with Crippen molar-refractivity contribution in [2.75, 3.05) is 6.79 Å². The Hall–Kier alpha value is -0.544. The quantitative estimate of drug-likeness (QED) is 0.486. The summed E-state index contributed by atoms with van der Waals surface area (Å²) in [5.74, 6) is 2.13. The minimum Gasteiger partial charge on any atom is -0.834 e. The van der Waals surface area contributed by atoms with E-state index in [2.05, 4.69) is 9.97 Å². The number of hydrogen-bond donors (Lipinski definition) is 0. The standard InChI is InChI=1S/C16H19N2O4.C2H6.K/c1-12-17-8-14(9-18-12)10-20-15-4-3-5-16(7-6-15)22-13(2)21-11-19;1-2;/h4-9,13H,3,10-11H2,1-2H3;1-2H3;/q-1;;+1. The predicted octanol–water partition coefficient (Wildman–Crippen LogP) is -0.243. The summed E-state index contributed by atoms with van der Waals surface area (Å²) in [5.41, 5.74) is 0.908. The second-order valence-corrected chi connectivity index (χ2v) is 4.68. The van der Waals surface area contributed by atoms with Crippen LogP contribution in [0.15, 0.2) is 48.2 Å². The van der Waals surface area contributed by atoms with Gasteiger partial charge in [0.25, 0.3) is 0 Å². The SMILES string of the molecule is CC.Cc1ncc(COC2=CCC=C(OC(C)OC[O-])C=C2)cn1.[K+]. The molecule has 6 nitrogen and oxygen atoms in total. The summed E-state index contributed by atoms with van der Waals surface area (Å²) in [6.45, 7) is 7.30. The number of allylic oxidation sites excluding steroid dienone is 4. The molecule has 1 aliphatic carbocycles. The zero-order valence-corrected chi connectivity index (χ0v) is 18.8. The molecule has 25 heavy (non-hydrogen) atoms. The molecule has 0 spiro atoms. The Morgan fingerprint density at radius 2 is 1.72 bits per heavy atom. The van der Waals surface area contributed by atoms with Crippen molar-refractivity contribution in [3.05, 3.63) is 59.6 Å². The number of aromatic nitrogens is 2. The van der Waals surface area contributed by atoms with E-state index < -0.39 is 13.1 Å². The van der Waals surface area contributed by atoms with Gasteiger partial charge in [-0.05, 0) is 51.4 Å². The first-order valence-electron chi connectivity index (χ1n) is 8.02. The minimum atomic E-state index is -0.622. The van der Waals surface area contributed by atoms with E-state index in [1.807, 2.05) is 39.0 Å². The van der Waals surface area contributed by atoms with Crippen LogP contribution in [0.5, 0.6) is 0 Å². The van der Waals surface area contributed by atoms with Crippen molar-refractivity contribution < 1.29 is 70.7 Å². The van der Waals surface area contributed by atoms with E-state index in [4.69, 9.17) is 14.2 Å². The molecule has 1 aromatic heterocycles. The fourth-order valence-corrected chi connectivity index (χ4v) is 1.77. The van der Waals surface area contributed by atoms with Gasteiger partial charge in [-0.15, -0.1) is 0 Å². The van der Waals surface area contributed by atoms with Crippen LogP contribution in [-0.4, -0.2) is 23.1 Å². The summed E-state index contributed by atoms with van der Waals surface area (Å²) in [7, 11) is 0. The van der Waals surface area contributed by atoms with Crippen molar-refractivity contribution in [3.63, 3.8) is 0 Å². The molecular weight excluding hydrogens is 347 g/mol. The molecule has 0 bridgehead atoms. The zero-order valence-electron chi connectivity index (χ0n) is 15.7. The maximum absolute atomic E-state index is 10.4. The molecule has 0 aromatic carbocycles. The number of ether oxygens (including phenoxy) is 3. The summed E-state index contributed by atoms with van der Waals surface area (Å²) in [5, 5.41) is 10.4. The van der Waals surface area contributed by atoms with Gasteiger partial charge in [0.15, 0.2) is 6.29 Å². The second-order valence-electron chi connectivity index (χ2n) is 4.68. The molecule has 0 saturated carbocycles. The topological polar surface area (TPSA) is 76.5 Å². The van der Waals surface area contributed by atoms with E-state index in [0.717, 1.165) is 17.1 Å².